The summed E-state index contributed by atoms with van der Waals surface area (Å²) in [5.41, 5.74) is 0.630. The highest BCUT2D eigenvalue weighted by Gasteiger charge is 2.41. The van der Waals surface area contributed by atoms with Crippen molar-refractivity contribution < 1.29 is 4.79 Å². The monoisotopic (exact) mass is 331 g/mol. The first kappa shape index (κ1) is 14.7. The Labute approximate surface area is 138 Å². The molecule has 1 N–H and O–H groups in total. The molecule has 0 spiro atoms. The first-order valence-corrected chi connectivity index (χ1v) is 8.23. The number of nitrogens with one attached hydrogen (secondary N) is 1. The number of aromatic nitrogens is 1. The summed E-state index contributed by atoms with van der Waals surface area (Å²) in [5, 5.41) is 1.05. The van der Waals surface area contributed by atoms with Gasteiger partial charge in [-0.05, 0) is 44.1 Å². The highest BCUT2D eigenvalue weighted by Crippen LogP contribution is 2.30. The zero-order valence-corrected chi connectivity index (χ0v) is 13.6. The number of fused-ring (bicyclic) bond motifs is 2. The van der Waals surface area contributed by atoms with Crippen LogP contribution < -0.4 is 5.43 Å². The molecule has 6 heteroatoms. The lowest BCUT2D eigenvalue weighted by molar-refractivity contribution is 0.0773. The van der Waals surface area contributed by atoms with Crippen molar-refractivity contribution in [3.63, 3.8) is 0 Å². The molecule has 0 aliphatic carbocycles. The van der Waals surface area contributed by atoms with Gasteiger partial charge in [-0.25, -0.2) is 0 Å². The number of amides is 1. The van der Waals surface area contributed by atoms with E-state index in [0.29, 0.717) is 34.4 Å². The molecule has 3 heterocycles. The maximum atomic E-state index is 12.8. The molecular formula is C17H18ClN3O2. The van der Waals surface area contributed by atoms with E-state index in [0.717, 1.165) is 19.5 Å². The molecule has 0 unspecified atom stereocenters. The fraction of sp³-hybridized carbons (Fsp3) is 0.412. The van der Waals surface area contributed by atoms with E-state index in [4.69, 9.17) is 11.6 Å². The number of hydrogen-bond acceptors (Lipinski definition) is 3. The summed E-state index contributed by atoms with van der Waals surface area (Å²) >= 11 is 5.94. The van der Waals surface area contributed by atoms with Gasteiger partial charge in [0.25, 0.3) is 5.91 Å². The van der Waals surface area contributed by atoms with Gasteiger partial charge in [0.05, 0.1) is 5.52 Å². The van der Waals surface area contributed by atoms with Gasteiger partial charge in [0.2, 0.25) is 5.43 Å². The highest BCUT2D eigenvalue weighted by atomic mass is 35.5. The average molecular weight is 332 g/mol. The van der Waals surface area contributed by atoms with Crippen LogP contribution in [0.4, 0.5) is 0 Å². The van der Waals surface area contributed by atoms with Crippen molar-refractivity contribution in [1.29, 1.82) is 0 Å². The molecule has 2 aliphatic heterocycles. The quantitative estimate of drug-likeness (QED) is 0.869. The van der Waals surface area contributed by atoms with Gasteiger partial charge in [-0.15, -0.1) is 0 Å². The van der Waals surface area contributed by atoms with Crippen molar-refractivity contribution in [1.82, 2.24) is 14.8 Å². The third kappa shape index (κ3) is 2.35. The zero-order valence-electron chi connectivity index (χ0n) is 12.9. The predicted molar refractivity (Wildman–Crippen MR) is 90.0 cm³/mol. The summed E-state index contributed by atoms with van der Waals surface area (Å²) in [4.78, 5) is 32.6. The molecule has 0 saturated carbocycles. The van der Waals surface area contributed by atoms with Crippen LogP contribution in [0.2, 0.25) is 5.02 Å². The van der Waals surface area contributed by atoms with Crippen molar-refractivity contribution in [3.05, 3.63) is 45.2 Å². The Hall–Kier alpha value is -1.85. The Balaban J connectivity index is 1.67. The molecular weight excluding hydrogens is 314 g/mol. The van der Waals surface area contributed by atoms with Crippen LogP contribution in [-0.4, -0.2) is 53.4 Å². The fourth-order valence-corrected chi connectivity index (χ4v) is 4.03. The second kappa shape index (κ2) is 5.35. The first-order valence-electron chi connectivity index (χ1n) is 7.85. The number of halogens is 1. The summed E-state index contributed by atoms with van der Waals surface area (Å²) in [5.74, 6) is 0.355. The van der Waals surface area contributed by atoms with Crippen LogP contribution in [-0.2, 0) is 0 Å². The Bertz CT molecular complexity index is 847. The van der Waals surface area contributed by atoms with Gasteiger partial charge < -0.3 is 14.8 Å². The zero-order chi connectivity index (χ0) is 16.1. The lowest BCUT2D eigenvalue weighted by Gasteiger charge is -2.20. The molecule has 0 radical (unpaired) electrons. The number of likely N-dealkylation sites (tertiary alicyclic amines) is 2. The van der Waals surface area contributed by atoms with Gasteiger partial charge in [-0.3, -0.25) is 9.59 Å². The molecule has 2 fully saturated rings. The van der Waals surface area contributed by atoms with Crippen LogP contribution >= 0.6 is 11.6 Å². The van der Waals surface area contributed by atoms with E-state index >= 15 is 0 Å². The third-order valence-corrected chi connectivity index (χ3v) is 5.42. The molecule has 0 bridgehead atoms. The molecule has 4 rings (SSSR count). The largest absolute Gasteiger partial charge is 0.360 e. The van der Waals surface area contributed by atoms with Gasteiger partial charge in [-0.1, -0.05) is 11.6 Å². The van der Waals surface area contributed by atoms with Crippen LogP contribution in [0.15, 0.2) is 29.2 Å². The average Bonchev–Trinajstić information content (AvgIpc) is 3.09. The number of aromatic amines is 1. The standard InChI is InChI=1S/C17H18ClN3O2/c1-20-5-4-10-8-21(9-15(10)20)17(23)13-7-19-14-6-11(18)2-3-12(14)16(13)22/h2-3,6-7,10,15H,4-5,8-9H2,1H3,(H,19,22)/t10-,15+/m0/s1. The van der Waals surface area contributed by atoms with Crippen molar-refractivity contribution >= 4 is 28.4 Å². The fourth-order valence-electron chi connectivity index (χ4n) is 3.86. The number of carbonyl (C=O) groups is 1. The number of carbonyl (C=O) groups excluding carboxylic acids is 1. The minimum Gasteiger partial charge on any atom is -0.360 e. The Morgan fingerprint density at radius 3 is 2.96 bits per heavy atom. The summed E-state index contributed by atoms with van der Waals surface area (Å²) in [6, 6.07) is 5.46. The lowest BCUT2D eigenvalue weighted by Crippen LogP contribution is -2.36. The Morgan fingerprint density at radius 2 is 2.17 bits per heavy atom. The third-order valence-electron chi connectivity index (χ3n) is 5.19. The number of nitrogens with zero attached hydrogens (tertiary/aromatic N) is 2. The maximum absolute atomic E-state index is 12.8. The second-order valence-corrected chi connectivity index (χ2v) is 6.96. The van der Waals surface area contributed by atoms with Gasteiger partial charge in [0.1, 0.15) is 5.56 Å². The Kier molecular flexibility index (Phi) is 3.43. The van der Waals surface area contributed by atoms with Gasteiger partial charge in [0.15, 0.2) is 0 Å². The molecule has 2 atom stereocenters. The number of hydrogen-bond donors (Lipinski definition) is 1. The molecule has 120 valence electrons. The van der Waals surface area contributed by atoms with Crippen LogP contribution in [0.25, 0.3) is 10.9 Å². The molecule has 2 aliphatic rings. The van der Waals surface area contributed by atoms with Crippen molar-refractivity contribution in [3.8, 4) is 0 Å². The van der Waals surface area contributed by atoms with E-state index in [9.17, 15) is 9.59 Å². The summed E-state index contributed by atoms with van der Waals surface area (Å²) in [6.45, 7) is 2.54. The van der Waals surface area contributed by atoms with Crippen molar-refractivity contribution in [2.24, 2.45) is 5.92 Å². The Morgan fingerprint density at radius 1 is 1.35 bits per heavy atom. The van der Waals surface area contributed by atoms with Crippen LogP contribution in [0.3, 0.4) is 0 Å². The molecule has 5 nitrogen and oxygen atoms in total. The number of rotatable bonds is 1. The van der Waals surface area contributed by atoms with Gasteiger partial charge in [0, 0.05) is 35.7 Å². The molecule has 1 aromatic heterocycles. The minimum absolute atomic E-state index is 0.175. The highest BCUT2D eigenvalue weighted by molar-refractivity contribution is 6.31. The van der Waals surface area contributed by atoms with Crippen molar-refractivity contribution in [2.75, 3.05) is 26.7 Å². The second-order valence-electron chi connectivity index (χ2n) is 6.53. The van der Waals surface area contributed by atoms with Crippen LogP contribution in [0.5, 0.6) is 0 Å². The molecule has 1 aromatic carbocycles. The molecule has 23 heavy (non-hydrogen) atoms. The van der Waals surface area contributed by atoms with E-state index in [1.807, 2.05) is 4.90 Å². The normalized spacial score (nSPS) is 24.3. The predicted octanol–water partition coefficient (Wildman–Crippen LogP) is 1.96. The van der Waals surface area contributed by atoms with E-state index in [1.54, 1.807) is 18.2 Å². The summed E-state index contributed by atoms with van der Waals surface area (Å²) < 4.78 is 0. The topological polar surface area (TPSA) is 56.4 Å². The number of benzene rings is 1. The van der Waals surface area contributed by atoms with Gasteiger partial charge in [-0.2, -0.15) is 0 Å². The van der Waals surface area contributed by atoms with E-state index in [2.05, 4.69) is 16.9 Å². The molecule has 2 aromatic rings. The lowest BCUT2D eigenvalue weighted by atomic mass is 10.1. The van der Waals surface area contributed by atoms with E-state index in [1.165, 1.54) is 6.20 Å². The molecule has 2 saturated heterocycles. The first-order chi connectivity index (χ1) is 11.0. The van der Waals surface area contributed by atoms with Crippen molar-refractivity contribution in [2.45, 2.75) is 12.5 Å². The number of pyridine rings is 1. The van der Waals surface area contributed by atoms with E-state index in [-0.39, 0.29) is 16.9 Å². The van der Waals surface area contributed by atoms with Crippen LogP contribution in [0, 0.1) is 5.92 Å². The summed E-state index contributed by atoms with van der Waals surface area (Å²) in [7, 11) is 2.10. The number of likely N-dealkylation sites (N-methyl/N-ethyl adjacent to an activating group) is 1. The minimum atomic E-state index is -0.231. The van der Waals surface area contributed by atoms with Gasteiger partial charge >= 0.3 is 0 Å². The maximum Gasteiger partial charge on any atom is 0.259 e. The van der Waals surface area contributed by atoms with Crippen LogP contribution in [0.1, 0.15) is 16.8 Å². The summed E-state index contributed by atoms with van der Waals surface area (Å²) in [6.07, 6.45) is 2.64. The SMILES string of the molecule is CN1CC[C@H]2CN(C(=O)c3c[nH]c4cc(Cl)ccc4c3=O)C[C@H]21. The smallest absolute Gasteiger partial charge is 0.259 e. The molecule has 1 amide bonds. The number of H-pyrrole nitrogens is 1. The van der Waals surface area contributed by atoms with E-state index < -0.39 is 0 Å².